The summed E-state index contributed by atoms with van der Waals surface area (Å²) in [7, 11) is 0. The van der Waals surface area contributed by atoms with Gasteiger partial charge in [-0.3, -0.25) is 10.00 Å². The monoisotopic (exact) mass is 248 g/mol. The summed E-state index contributed by atoms with van der Waals surface area (Å²) < 4.78 is 0. The minimum Gasteiger partial charge on any atom is -0.288 e. The van der Waals surface area contributed by atoms with Crippen molar-refractivity contribution < 1.29 is 0 Å². The smallest absolute Gasteiger partial charge is 0.167 e. The summed E-state index contributed by atoms with van der Waals surface area (Å²) in [5.74, 6) is 1.86. The zero-order valence-corrected chi connectivity index (χ0v) is 10.7. The molecule has 90 valence electrons. The van der Waals surface area contributed by atoms with E-state index in [0.717, 1.165) is 24.7 Å². The Morgan fingerprint density at radius 3 is 3.24 bits per heavy atom. The summed E-state index contributed by atoms with van der Waals surface area (Å²) >= 11 is 1.82. The quantitative estimate of drug-likeness (QED) is 0.907. The number of hydrogen-bond donors (Lipinski definition) is 1. The minimum absolute atomic E-state index is 0.391. The number of hydrogen-bond acceptors (Lipinski definition) is 4. The number of H-pyrrole nitrogens is 1. The first kappa shape index (κ1) is 10.9. The first-order valence-electron chi connectivity index (χ1n) is 5.98. The summed E-state index contributed by atoms with van der Waals surface area (Å²) in [6.45, 7) is 4.13. The van der Waals surface area contributed by atoms with E-state index in [-0.39, 0.29) is 0 Å². The summed E-state index contributed by atoms with van der Waals surface area (Å²) in [4.78, 5) is 8.37. The standard InChI is InChI=1S/C12H16N4S/c1-9-13-12(15-14-9)11-5-2-6-16(11)8-10-4-3-7-17-10/h3-4,7,11H,2,5-6,8H2,1H3,(H,13,14,15). The van der Waals surface area contributed by atoms with Crippen LogP contribution in [0.3, 0.4) is 0 Å². The lowest BCUT2D eigenvalue weighted by Gasteiger charge is -2.21. The fraction of sp³-hybridized carbons (Fsp3) is 0.500. The van der Waals surface area contributed by atoms with Crippen LogP contribution >= 0.6 is 11.3 Å². The molecule has 1 atom stereocenters. The van der Waals surface area contributed by atoms with Gasteiger partial charge in [-0.05, 0) is 37.8 Å². The van der Waals surface area contributed by atoms with Crippen molar-refractivity contribution in [2.75, 3.05) is 6.54 Å². The van der Waals surface area contributed by atoms with E-state index in [0.29, 0.717) is 6.04 Å². The molecule has 2 aromatic heterocycles. The van der Waals surface area contributed by atoms with Crippen LogP contribution in [0.5, 0.6) is 0 Å². The highest BCUT2D eigenvalue weighted by Gasteiger charge is 2.28. The van der Waals surface area contributed by atoms with E-state index >= 15 is 0 Å². The lowest BCUT2D eigenvalue weighted by Crippen LogP contribution is -2.23. The second kappa shape index (κ2) is 4.58. The average Bonchev–Trinajstić information content (AvgIpc) is 2.99. The molecule has 1 fully saturated rings. The lowest BCUT2D eigenvalue weighted by molar-refractivity contribution is 0.242. The van der Waals surface area contributed by atoms with Crippen LogP contribution in [0.15, 0.2) is 17.5 Å². The van der Waals surface area contributed by atoms with Gasteiger partial charge in [0.15, 0.2) is 5.82 Å². The Kier molecular flexibility index (Phi) is 2.94. The molecule has 1 aliphatic rings. The maximum Gasteiger partial charge on any atom is 0.167 e. The Hall–Kier alpha value is -1.20. The third-order valence-corrected chi connectivity index (χ3v) is 4.08. The second-order valence-corrected chi connectivity index (χ2v) is 5.52. The number of aryl methyl sites for hydroxylation is 1. The molecule has 0 radical (unpaired) electrons. The molecule has 4 nitrogen and oxygen atoms in total. The summed E-state index contributed by atoms with van der Waals surface area (Å²) in [6.07, 6.45) is 2.41. The van der Waals surface area contributed by atoms with Gasteiger partial charge in [0.05, 0.1) is 6.04 Å². The van der Waals surface area contributed by atoms with E-state index in [4.69, 9.17) is 0 Å². The Bertz CT molecular complexity index is 476. The zero-order valence-electron chi connectivity index (χ0n) is 9.89. The van der Waals surface area contributed by atoms with Crippen molar-refractivity contribution in [3.05, 3.63) is 34.0 Å². The average molecular weight is 248 g/mol. The van der Waals surface area contributed by atoms with Gasteiger partial charge in [-0.25, -0.2) is 4.98 Å². The second-order valence-electron chi connectivity index (χ2n) is 4.49. The van der Waals surface area contributed by atoms with Gasteiger partial charge in [-0.1, -0.05) is 6.07 Å². The van der Waals surface area contributed by atoms with Crippen molar-refractivity contribution in [2.24, 2.45) is 0 Å². The summed E-state index contributed by atoms with van der Waals surface area (Å²) in [6, 6.07) is 4.70. The van der Waals surface area contributed by atoms with Crippen molar-refractivity contribution >= 4 is 11.3 Å². The molecule has 0 spiro atoms. The molecule has 17 heavy (non-hydrogen) atoms. The maximum atomic E-state index is 4.47. The fourth-order valence-electron chi connectivity index (χ4n) is 2.42. The Labute approximate surface area is 105 Å². The van der Waals surface area contributed by atoms with Crippen LogP contribution in [-0.2, 0) is 6.54 Å². The third-order valence-electron chi connectivity index (χ3n) is 3.22. The van der Waals surface area contributed by atoms with E-state index in [2.05, 4.69) is 37.6 Å². The molecule has 1 aliphatic heterocycles. The predicted octanol–water partition coefficient (Wildman–Crippen LogP) is 2.51. The number of likely N-dealkylation sites (tertiary alicyclic amines) is 1. The highest BCUT2D eigenvalue weighted by molar-refractivity contribution is 7.09. The Morgan fingerprint density at radius 2 is 2.53 bits per heavy atom. The third kappa shape index (κ3) is 2.25. The van der Waals surface area contributed by atoms with Gasteiger partial charge >= 0.3 is 0 Å². The van der Waals surface area contributed by atoms with Crippen LogP contribution in [0.1, 0.15) is 35.4 Å². The molecule has 0 amide bonds. The fourth-order valence-corrected chi connectivity index (χ4v) is 3.15. The maximum absolute atomic E-state index is 4.47. The molecule has 2 aromatic rings. The Morgan fingerprint density at radius 1 is 1.59 bits per heavy atom. The number of nitrogens with zero attached hydrogens (tertiary/aromatic N) is 3. The van der Waals surface area contributed by atoms with E-state index in [1.165, 1.54) is 17.7 Å². The summed E-state index contributed by atoms with van der Waals surface area (Å²) in [5, 5.41) is 9.38. The van der Waals surface area contributed by atoms with E-state index < -0.39 is 0 Å². The molecule has 0 bridgehead atoms. The number of thiophene rings is 1. The van der Waals surface area contributed by atoms with Crippen LogP contribution in [0.2, 0.25) is 0 Å². The SMILES string of the molecule is Cc1nc(C2CCCN2Cc2cccs2)n[nH]1. The van der Waals surface area contributed by atoms with Gasteiger partial charge in [0.2, 0.25) is 0 Å². The normalized spacial score (nSPS) is 21.1. The molecular weight excluding hydrogens is 232 g/mol. The molecule has 1 saturated heterocycles. The lowest BCUT2D eigenvalue weighted by atomic mass is 10.2. The molecule has 3 heterocycles. The molecule has 5 heteroatoms. The van der Waals surface area contributed by atoms with Gasteiger partial charge < -0.3 is 0 Å². The number of rotatable bonds is 3. The van der Waals surface area contributed by atoms with Crippen molar-refractivity contribution in [1.82, 2.24) is 20.1 Å². The highest BCUT2D eigenvalue weighted by atomic mass is 32.1. The number of aromatic nitrogens is 3. The van der Waals surface area contributed by atoms with Crippen LogP contribution in [0.25, 0.3) is 0 Å². The topological polar surface area (TPSA) is 44.8 Å². The first-order valence-corrected chi connectivity index (χ1v) is 6.86. The molecule has 0 aromatic carbocycles. The van der Waals surface area contributed by atoms with E-state index in [1.807, 2.05) is 18.3 Å². The van der Waals surface area contributed by atoms with Gasteiger partial charge in [-0.15, -0.1) is 11.3 Å². The first-order chi connectivity index (χ1) is 8.33. The van der Waals surface area contributed by atoms with Crippen molar-refractivity contribution in [2.45, 2.75) is 32.4 Å². The van der Waals surface area contributed by atoms with Gasteiger partial charge in [0.25, 0.3) is 0 Å². The van der Waals surface area contributed by atoms with Gasteiger partial charge in [0, 0.05) is 11.4 Å². The van der Waals surface area contributed by atoms with Crippen molar-refractivity contribution in [3.8, 4) is 0 Å². The van der Waals surface area contributed by atoms with E-state index in [1.54, 1.807) is 0 Å². The summed E-state index contributed by atoms with van der Waals surface area (Å²) in [5.41, 5.74) is 0. The van der Waals surface area contributed by atoms with Crippen molar-refractivity contribution in [3.63, 3.8) is 0 Å². The van der Waals surface area contributed by atoms with E-state index in [9.17, 15) is 0 Å². The van der Waals surface area contributed by atoms with Crippen LogP contribution in [-0.4, -0.2) is 26.6 Å². The molecule has 0 saturated carbocycles. The van der Waals surface area contributed by atoms with Gasteiger partial charge in [-0.2, -0.15) is 5.10 Å². The molecular formula is C12H16N4S. The molecule has 0 aliphatic carbocycles. The van der Waals surface area contributed by atoms with Gasteiger partial charge in [0.1, 0.15) is 5.82 Å². The molecule has 1 unspecified atom stereocenters. The number of nitrogens with one attached hydrogen (secondary N) is 1. The largest absolute Gasteiger partial charge is 0.288 e. The van der Waals surface area contributed by atoms with Crippen LogP contribution < -0.4 is 0 Å². The Balaban J connectivity index is 1.76. The molecule has 1 N–H and O–H groups in total. The predicted molar refractivity (Wildman–Crippen MR) is 67.8 cm³/mol. The minimum atomic E-state index is 0.391. The zero-order chi connectivity index (χ0) is 11.7. The highest BCUT2D eigenvalue weighted by Crippen LogP contribution is 2.31. The van der Waals surface area contributed by atoms with Crippen LogP contribution in [0.4, 0.5) is 0 Å². The van der Waals surface area contributed by atoms with Crippen molar-refractivity contribution in [1.29, 1.82) is 0 Å². The molecule has 3 rings (SSSR count). The van der Waals surface area contributed by atoms with Crippen LogP contribution in [0, 0.1) is 6.92 Å². The number of aromatic amines is 1.